The smallest absolute Gasteiger partial charge is 0.416 e. The Balaban J connectivity index is 1.54. The Labute approximate surface area is 165 Å². The Hall–Kier alpha value is -1.75. The first kappa shape index (κ1) is 19.6. The molecule has 1 N–H and O–H groups in total. The molecule has 4 rings (SSSR count). The molecule has 2 atom stereocenters. The standard InChI is InChI=1S/C18H22F3N5OS/c1-25-10-15(22-14-8-6-13(7-9-14)18(19,20)21)26(27,11-25)17-24-23-16(28-17)12-4-2-3-5-12/h6-9,12,15,22H,2-5,10-11H2,1H3. The number of aromatic nitrogens is 2. The summed E-state index contributed by atoms with van der Waals surface area (Å²) >= 11 is 1.37. The number of nitrogens with one attached hydrogen (secondary N) is 1. The lowest BCUT2D eigenvalue weighted by Crippen LogP contribution is -2.52. The normalized spacial score (nSPS) is 26.8. The van der Waals surface area contributed by atoms with E-state index in [0.717, 1.165) is 30.0 Å². The van der Waals surface area contributed by atoms with E-state index in [-0.39, 0.29) is 6.67 Å². The lowest BCUT2D eigenvalue weighted by Gasteiger charge is -2.39. The third kappa shape index (κ3) is 3.73. The van der Waals surface area contributed by atoms with Gasteiger partial charge in [-0.3, -0.25) is 9.55 Å². The number of hydrogen-bond donors (Lipinski definition) is 1. The lowest BCUT2D eigenvalue weighted by molar-refractivity contribution is -0.137. The number of anilines is 1. The molecule has 6 nitrogen and oxygen atoms in total. The summed E-state index contributed by atoms with van der Waals surface area (Å²) in [6, 6.07) is 4.75. The quantitative estimate of drug-likeness (QED) is 0.596. The number of hydroxylamine groups is 2. The van der Waals surface area contributed by atoms with Crippen molar-refractivity contribution in [3.63, 3.8) is 0 Å². The number of benzene rings is 1. The molecule has 1 aliphatic carbocycles. The number of hydrogen-bond acceptors (Lipinski definition) is 6. The van der Waals surface area contributed by atoms with E-state index in [4.69, 9.17) is 0 Å². The van der Waals surface area contributed by atoms with Crippen molar-refractivity contribution in [1.82, 2.24) is 19.7 Å². The van der Waals surface area contributed by atoms with Gasteiger partial charge in [-0.25, -0.2) is 0 Å². The van der Waals surface area contributed by atoms with E-state index in [9.17, 15) is 18.4 Å². The van der Waals surface area contributed by atoms with Gasteiger partial charge in [-0.2, -0.15) is 13.2 Å². The Morgan fingerprint density at radius 3 is 2.50 bits per heavy atom. The van der Waals surface area contributed by atoms with E-state index >= 15 is 0 Å². The number of alkyl halides is 3. The van der Waals surface area contributed by atoms with Crippen molar-refractivity contribution in [3.8, 4) is 0 Å². The zero-order chi connectivity index (χ0) is 19.9. The lowest BCUT2D eigenvalue weighted by atomic mass is 10.1. The van der Waals surface area contributed by atoms with Gasteiger partial charge in [0.2, 0.25) is 0 Å². The highest BCUT2D eigenvalue weighted by atomic mass is 32.1. The van der Waals surface area contributed by atoms with Gasteiger partial charge in [0.05, 0.1) is 12.1 Å². The number of rotatable bonds is 4. The molecule has 1 aromatic carbocycles. The molecule has 2 unspecified atom stereocenters. The summed E-state index contributed by atoms with van der Waals surface area (Å²) in [5.74, 6) is 0.388. The van der Waals surface area contributed by atoms with Crippen LogP contribution in [0.15, 0.2) is 24.3 Å². The zero-order valence-corrected chi connectivity index (χ0v) is 16.3. The van der Waals surface area contributed by atoms with Gasteiger partial charge in [0.25, 0.3) is 0 Å². The third-order valence-corrected chi connectivity index (χ3v) is 6.64. The molecule has 0 bridgehead atoms. The van der Waals surface area contributed by atoms with Crippen LogP contribution in [-0.4, -0.2) is 41.5 Å². The summed E-state index contributed by atoms with van der Waals surface area (Å²) in [7, 11) is 1.85. The van der Waals surface area contributed by atoms with Gasteiger partial charge in [-0.1, -0.05) is 17.9 Å². The molecule has 0 radical (unpaired) electrons. The third-order valence-electron chi connectivity index (χ3n) is 5.44. The van der Waals surface area contributed by atoms with Crippen LogP contribution >= 0.6 is 11.3 Å². The monoisotopic (exact) mass is 413 g/mol. The highest BCUT2D eigenvalue weighted by Crippen LogP contribution is 2.40. The second-order valence-electron chi connectivity index (χ2n) is 7.62. The van der Waals surface area contributed by atoms with Crippen LogP contribution in [0.2, 0.25) is 0 Å². The number of halogens is 3. The largest absolute Gasteiger partial charge is 0.623 e. The molecule has 0 spiro atoms. The van der Waals surface area contributed by atoms with Gasteiger partial charge in [0.15, 0.2) is 6.17 Å². The maximum absolute atomic E-state index is 13.7. The second kappa shape index (κ2) is 7.25. The Bertz CT molecular complexity index is 821. The number of likely N-dealkylation sites (N-methyl/N-ethyl adjacent to an activating group) is 1. The van der Waals surface area contributed by atoms with Gasteiger partial charge in [-0.05, 0) is 55.5 Å². The minimum absolute atomic E-state index is 0.220. The van der Waals surface area contributed by atoms with Gasteiger partial charge in [0.1, 0.15) is 11.7 Å². The predicted molar refractivity (Wildman–Crippen MR) is 103 cm³/mol. The first-order valence-electron chi connectivity index (χ1n) is 9.31. The van der Waals surface area contributed by atoms with Crippen molar-refractivity contribution >= 4 is 22.2 Å². The van der Waals surface area contributed by atoms with Crippen LogP contribution in [0, 0.1) is 5.21 Å². The Kier molecular flexibility index (Phi) is 5.07. The fourth-order valence-electron chi connectivity index (χ4n) is 3.95. The minimum atomic E-state index is -4.38. The fourth-order valence-corrected chi connectivity index (χ4v) is 5.04. The summed E-state index contributed by atoms with van der Waals surface area (Å²) in [5, 5.41) is 26.6. The summed E-state index contributed by atoms with van der Waals surface area (Å²) in [6.45, 7) is 0.681. The molecule has 2 aliphatic rings. The van der Waals surface area contributed by atoms with E-state index in [0.29, 0.717) is 23.3 Å². The summed E-state index contributed by atoms with van der Waals surface area (Å²) in [5.41, 5.74) is -0.234. The van der Waals surface area contributed by atoms with Gasteiger partial charge >= 0.3 is 11.3 Å². The van der Waals surface area contributed by atoms with E-state index < -0.39 is 22.6 Å². The summed E-state index contributed by atoms with van der Waals surface area (Å²) < 4.78 is 37.6. The van der Waals surface area contributed by atoms with Crippen molar-refractivity contribution in [3.05, 3.63) is 40.0 Å². The van der Waals surface area contributed by atoms with Gasteiger partial charge in [-0.15, -0.1) is 5.10 Å². The van der Waals surface area contributed by atoms with Gasteiger partial charge < -0.3 is 10.5 Å². The summed E-state index contributed by atoms with van der Waals surface area (Å²) in [4.78, 5) is 1.89. The average molecular weight is 413 g/mol. The molecule has 2 fully saturated rings. The molecule has 1 aromatic heterocycles. The Morgan fingerprint density at radius 2 is 1.86 bits per heavy atom. The highest BCUT2D eigenvalue weighted by Gasteiger charge is 2.43. The fraction of sp³-hybridized carbons (Fsp3) is 0.556. The molecule has 2 heterocycles. The molecule has 1 saturated carbocycles. The van der Waals surface area contributed by atoms with Crippen molar-refractivity contribution in [2.45, 2.75) is 43.9 Å². The topological polar surface area (TPSA) is 64.1 Å². The molecular formula is C18H22F3N5OS. The first-order chi connectivity index (χ1) is 13.3. The molecular weight excluding hydrogens is 391 g/mol. The van der Waals surface area contributed by atoms with E-state index in [1.807, 2.05) is 11.9 Å². The SMILES string of the molecule is CN1CC(Nc2ccc(C(F)(F)F)cc2)[N+]([O-])(c2nnc(C3CCCC3)s2)C1. The van der Waals surface area contributed by atoms with Crippen LogP contribution in [0.1, 0.15) is 42.2 Å². The number of nitrogens with zero attached hydrogens (tertiary/aromatic N) is 4. The first-order valence-corrected chi connectivity index (χ1v) is 10.1. The van der Waals surface area contributed by atoms with Crippen molar-refractivity contribution < 1.29 is 13.2 Å². The Morgan fingerprint density at radius 1 is 1.18 bits per heavy atom. The van der Waals surface area contributed by atoms with E-state index in [1.165, 1.54) is 36.3 Å². The predicted octanol–water partition coefficient (Wildman–Crippen LogP) is 4.36. The molecule has 10 heteroatoms. The second-order valence-corrected chi connectivity index (χ2v) is 8.60. The maximum atomic E-state index is 13.7. The molecule has 28 heavy (non-hydrogen) atoms. The van der Waals surface area contributed by atoms with Crippen LogP contribution in [0.3, 0.4) is 0 Å². The molecule has 1 saturated heterocycles. The van der Waals surface area contributed by atoms with Crippen molar-refractivity contribution in [1.29, 1.82) is 0 Å². The summed E-state index contributed by atoms with van der Waals surface area (Å²) in [6.07, 6.45) is -0.420. The zero-order valence-electron chi connectivity index (χ0n) is 15.4. The van der Waals surface area contributed by atoms with Crippen LogP contribution in [0.4, 0.5) is 24.0 Å². The average Bonchev–Trinajstić information content (AvgIpc) is 3.36. The van der Waals surface area contributed by atoms with Crippen molar-refractivity contribution in [2.24, 2.45) is 0 Å². The van der Waals surface area contributed by atoms with Crippen LogP contribution in [0.5, 0.6) is 0 Å². The van der Waals surface area contributed by atoms with Crippen LogP contribution in [0.25, 0.3) is 0 Å². The van der Waals surface area contributed by atoms with Crippen molar-refractivity contribution in [2.75, 3.05) is 25.6 Å². The molecule has 0 amide bonds. The molecule has 152 valence electrons. The van der Waals surface area contributed by atoms with Crippen LogP contribution < -0.4 is 9.96 Å². The molecule has 2 aromatic rings. The molecule has 1 aliphatic heterocycles. The van der Waals surface area contributed by atoms with Crippen LogP contribution in [-0.2, 0) is 6.18 Å². The van der Waals surface area contributed by atoms with E-state index in [1.54, 1.807) is 0 Å². The van der Waals surface area contributed by atoms with E-state index in [2.05, 4.69) is 15.5 Å². The maximum Gasteiger partial charge on any atom is 0.416 e. The number of quaternary nitrogens is 1. The van der Waals surface area contributed by atoms with Gasteiger partial charge in [0, 0.05) is 11.6 Å². The minimum Gasteiger partial charge on any atom is -0.623 e. The highest BCUT2D eigenvalue weighted by molar-refractivity contribution is 7.15.